The first-order chi connectivity index (χ1) is 8.21. The molecule has 1 aliphatic rings. The zero-order valence-corrected chi connectivity index (χ0v) is 12.2. The number of aliphatic carboxylic acids is 1. The summed E-state index contributed by atoms with van der Waals surface area (Å²) in [7, 11) is 0. The van der Waals surface area contributed by atoms with Crippen molar-refractivity contribution >= 4 is 5.97 Å². The number of aliphatic hydroxyl groups is 1. The van der Waals surface area contributed by atoms with Crippen molar-refractivity contribution in [1.29, 1.82) is 0 Å². The fraction of sp³-hybridized carbons (Fsp3) is 0.933. The molecule has 0 amide bonds. The first-order valence-corrected chi connectivity index (χ1v) is 7.17. The second-order valence-electron chi connectivity index (χ2n) is 6.89. The van der Waals surface area contributed by atoms with E-state index < -0.39 is 11.6 Å². The first-order valence-electron chi connectivity index (χ1n) is 7.17. The maximum Gasteiger partial charge on any atom is 0.335 e. The lowest BCUT2D eigenvalue weighted by molar-refractivity contribution is -0.168. The summed E-state index contributed by atoms with van der Waals surface area (Å²) in [6, 6.07) is 0. The van der Waals surface area contributed by atoms with Gasteiger partial charge in [0.25, 0.3) is 0 Å². The molecule has 0 aromatic rings. The maximum absolute atomic E-state index is 11.3. The Kier molecular flexibility index (Phi) is 4.82. The smallest absolute Gasteiger partial charge is 0.335 e. The zero-order chi connectivity index (χ0) is 14.0. The molecular formula is C15H28O3. The molecular weight excluding hydrogens is 228 g/mol. The Morgan fingerprint density at radius 1 is 1.11 bits per heavy atom. The predicted molar refractivity (Wildman–Crippen MR) is 72.4 cm³/mol. The van der Waals surface area contributed by atoms with Gasteiger partial charge in [-0.25, -0.2) is 4.79 Å². The lowest BCUT2D eigenvalue weighted by Crippen LogP contribution is -2.47. The van der Waals surface area contributed by atoms with Gasteiger partial charge in [-0.3, -0.25) is 0 Å². The molecule has 3 heteroatoms. The second kappa shape index (κ2) is 5.60. The van der Waals surface area contributed by atoms with Crippen molar-refractivity contribution in [3.05, 3.63) is 0 Å². The van der Waals surface area contributed by atoms with Crippen LogP contribution in [0.25, 0.3) is 0 Å². The van der Waals surface area contributed by atoms with E-state index in [-0.39, 0.29) is 11.3 Å². The Morgan fingerprint density at radius 2 is 1.56 bits per heavy atom. The van der Waals surface area contributed by atoms with Crippen LogP contribution < -0.4 is 0 Å². The molecule has 106 valence electrons. The summed E-state index contributed by atoms with van der Waals surface area (Å²) >= 11 is 0. The molecule has 0 bridgehead atoms. The first kappa shape index (κ1) is 15.5. The number of hydrogen-bond donors (Lipinski definition) is 2. The molecule has 3 nitrogen and oxygen atoms in total. The summed E-state index contributed by atoms with van der Waals surface area (Å²) < 4.78 is 0. The highest BCUT2D eigenvalue weighted by atomic mass is 16.4. The average Bonchev–Trinajstić information content (AvgIpc) is 2.28. The summed E-state index contributed by atoms with van der Waals surface area (Å²) in [6.07, 6.45) is 4.82. The summed E-state index contributed by atoms with van der Waals surface area (Å²) in [6.45, 7) is 8.66. The molecule has 1 rings (SSSR count). The quantitative estimate of drug-likeness (QED) is 0.810. The van der Waals surface area contributed by atoms with Gasteiger partial charge in [-0.1, -0.05) is 34.1 Å². The SMILES string of the molecule is CCCC(O)(C(=O)O)C1CCC(C(C)(C)C)CC1. The van der Waals surface area contributed by atoms with E-state index in [0.717, 1.165) is 25.7 Å². The van der Waals surface area contributed by atoms with E-state index in [1.165, 1.54) is 0 Å². The van der Waals surface area contributed by atoms with E-state index in [9.17, 15) is 15.0 Å². The minimum atomic E-state index is -1.50. The van der Waals surface area contributed by atoms with Crippen LogP contribution in [-0.2, 0) is 4.79 Å². The second-order valence-corrected chi connectivity index (χ2v) is 6.89. The van der Waals surface area contributed by atoms with E-state index in [1.807, 2.05) is 6.92 Å². The van der Waals surface area contributed by atoms with Gasteiger partial charge < -0.3 is 10.2 Å². The Morgan fingerprint density at radius 3 is 1.89 bits per heavy atom. The van der Waals surface area contributed by atoms with Gasteiger partial charge in [0.1, 0.15) is 0 Å². The molecule has 0 saturated heterocycles. The van der Waals surface area contributed by atoms with Gasteiger partial charge in [0.05, 0.1) is 0 Å². The number of rotatable bonds is 4. The molecule has 1 aliphatic carbocycles. The van der Waals surface area contributed by atoms with Crippen LogP contribution in [0.3, 0.4) is 0 Å². The fourth-order valence-electron chi connectivity index (χ4n) is 3.30. The van der Waals surface area contributed by atoms with Crippen molar-refractivity contribution in [2.75, 3.05) is 0 Å². The molecule has 1 saturated carbocycles. The summed E-state index contributed by atoms with van der Waals surface area (Å²) in [5, 5.41) is 19.7. The third-order valence-electron chi connectivity index (χ3n) is 4.63. The minimum absolute atomic E-state index is 0.0754. The van der Waals surface area contributed by atoms with E-state index in [2.05, 4.69) is 20.8 Å². The van der Waals surface area contributed by atoms with E-state index in [0.29, 0.717) is 18.8 Å². The number of carboxylic acids is 1. The summed E-state index contributed by atoms with van der Waals surface area (Å²) in [4.78, 5) is 11.3. The Balaban J connectivity index is 2.68. The van der Waals surface area contributed by atoms with Gasteiger partial charge in [0.2, 0.25) is 0 Å². The highest BCUT2D eigenvalue weighted by molar-refractivity contribution is 5.77. The molecule has 1 fully saturated rings. The standard InChI is InChI=1S/C15H28O3/c1-5-10-15(18,13(16)17)12-8-6-11(7-9-12)14(2,3)4/h11-12,18H,5-10H2,1-4H3,(H,16,17). The van der Waals surface area contributed by atoms with Crippen LogP contribution in [0, 0.1) is 17.3 Å². The normalized spacial score (nSPS) is 28.7. The van der Waals surface area contributed by atoms with Crippen LogP contribution in [0.15, 0.2) is 0 Å². The van der Waals surface area contributed by atoms with Gasteiger partial charge in [-0.2, -0.15) is 0 Å². The number of carbonyl (C=O) groups is 1. The molecule has 0 heterocycles. The summed E-state index contributed by atoms with van der Waals surface area (Å²) in [5.74, 6) is -0.467. The van der Waals surface area contributed by atoms with Crippen LogP contribution in [0.5, 0.6) is 0 Å². The number of hydrogen-bond acceptors (Lipinski definition) is 2. The Hall–Kier alpha value is -0.570. The van der Waals surface area contributed by atoms with Gasteiger partial charge in [0.15, 0.2) is 5.60 Å². The maximum atomic E-state index is 11.3. The molecule has 2 N–H and O–H groups in total. The van der Waals surface area contributed by atoms with Gasteiger partial charge >= 0.3 is 5.97 Å². The van der Waals surface area contributed by atoms with Crippen LogP contribution in [-0.4, -0.2) is 21.8 Å². The fourth-order valence-corrected chi connectivity index (χ4v) is 3.30. The predicted octanol–water partition coefficient (Wildman–Crippen LogP) is 3.45. The molecule has 18 heavy (non-hydrogen) atoms. The van der Waals surface area contributed by atoms with Crippen LogP contribution in [0.4, 0.5) is 0 Å². The third-order valence-corrected chi connectivity index (χ3v) is 4.63. The van der Waals surface area contributed by atoms with Crippen molar-refractivity contribution in [3.63, 3.8) is 0 Å². The largest absolute Gasteiger partial charge is 0.479 e. The van der Waals surface area contributed by atoms with Gasteiger partial charge in [-0.05, 0) is 49.4 Å². The number of carboxylic acid groups (broad SMARTS) is 1. The molecule has 0 spiro atoms. The van der Waals surface area contributed by atoms with Crippen molar-refractivity contribution in [3.8, 4) is 0 Å². The Bertz CT molecular complexity index is 285. The molecule has 0 aliphatic heterocycles. The topological polar surface area (TPSA) is 57.5 Å². The van der Waals surface area contributed by atoms with E-state index in [1.54, 1.807) is 0 Å². The minimum Gasteiger partial charge on any atom is -0.479 e. The van der Waals surface area contributed by atoms with Crippen molar-refractivity contribution in [2.24, 2.45) is 17.3 Å². The van der Waals surface area contributed by atoms with E-state index in [4.69, 9.17) is 0 Å². The third kappa shape index (κ3) is 3.25. The highest BCUT2D eigenvalue weighted by Crippen LogP contribution is 2.44. The van der Waals surface area contributed by atoms with Crippen molar-refractivity contribution in [1.82, 2.24) is 0 Å². The molecule has 0 radical (unpaired) electrons. The molecule has 1 unspecified atom stereocenters. The van der Waals surface area contributed by atoms with E-state index >= 15 is 0 Å². The Labute approximate surface area is 111 Å². The molecule has 1 atom stereocenters. The average molecular weight is 256 g/mol. The molecule has 0 aromatic heterocycles. The van der Waals surface area contributed by atoms with Crippen LogP contribution in [0.1, 0.15) is 66.2 Å². The van der Waals surface area contributed by atoms with Crippen molar-refractivity contribution in [2.45, 2.75) is 71.8 Å². The van der Waals surface area contributed by atoms with Crippen LogP contribution >= 0.6 is 0 Å². The lowest BCUT2D eigenvalue weighted by Gasteiger charge is -2.41. The lowest BCUT2D eigenvalue weighted by atomic mass is 9.65. The monoisotopic (exact) mass is 256 g/mol. The zero-order valence-electron chi connectivity index (χ0n) is 12.2. The van der Waals surface area contributed by atoms with Crippen molar-refractivity contribution < 1.29 is 15.0 Å². The van der Waals surface area contributed by atoms with Crippen LogP contribution in [0.2, 0.25) is 0 Å². The summed E-state index contributed by atoms with van der Waals surface area (Å²) in [5.41, 5.74) is -1.21. The molecule has 0 aromatic carbocycles. The van der Waals surface area contributed by atoms with Gasteiger partial charge in [0, 0.05) is 0 Å². The van der Waals surface area contributed by atoms with Gasteiger partial charge in [-0.15, -0.1) is 0 Å². The highest BCUT2D eigenvalue weighted by Gasteiger charge is 2.45.